The molecule has 0 saturated heterocycles. The van der Waals surface area contributed by atoms with E-state index in [1.54, 1.807) is 0 Å². The van der Waals surface area contributed by atoms with Crippen molar-refractivity contribution in [2.24, 2.45) is 0 Å². The standard InChI is InChI=1S/C19H25NS2/c1-2-4-8-18(9-5-3-1)11-14-21-16-17-22-15-12-19-10-6-7-13-20-19/h1-2,4,6-10,13H,3,5,11-12,14-17H2/b2-1-,8-4-,18-9+. The van der Waals surface area contributed by atoms with Crippen LogP contribution < -0.4 is 0 Å². The van der Waals surface area contributed by atoms with Crippen molar-refractivity contribution in [3.05, 3.63) is 66.0 Å². The van der Waals surface area contributed by atoms with E-state index in [-0.39, 0.29) is 0 Å². The van der Waals surface area contributed by atoms with Gasteiger partial charge in [-0.05, 0) is 49.3 Å². The lowest BCUT2D eigenvalue weighted by Gasteiger charge is -2.05. The van der Waals surface area contributed by atoms with Crippen molar-refractivity contribution in [3.63, 3.8) is 0 Å². The molecule has 0 spiro atoms. The number of pyridine rings is 1. The summed E-state index contributed by atoms with van der Waals surface area (Å²) < 4.78 is 0. The van der Waals surface area contributed by atoms with Gasteiger partial charge in [0.15, 0.2) is 0 Å². The maximum atomic E-state index is 4.36. The normalized spacial score (nSPS) is 19.7. The van der Waals surface area contributed by atoms with E-state index >= 15 is 0 Å². The summed E-state index contributed by atoms with van der Waals surface area (Å²) in [5.41, 5.74) is 2.71. The first kappa shape index (κ1) is 17.4. The molecule has 0 aromatic carbocycles. The number of rotatable bonds is 9. The molecule has 3 heteroatoms. The van der Waals surface area contributed by atoms with Crippen LogP contribution in [0.3, 0.4) is 0 Å². The van der Waals surface area contributed by atoms with Gasteiger partial charge >= 0.3 is 0 Å². The molecule has 0 radical (unpaired) electrons. The van der Waals surface area contributed by atoms with Crippen molar-refractivity contribution in [1.29, 1.82) is 0 Å². The van der Waals surface area contributed by atoms with Gasteiger partial charge in [-0.1, -0.05) is 42.0 Å². The third-order valence-electron chi connectivity index (χ3n) is 3.43. The van der Waals surface area contributed by atoms with Crippen molar-refractivity contribution < 1.29 is 0 Å². The first-order valence-corrected chi connectivity index (χ1v) is 10.3. The van der Waals surface area contributed by atoms with Crippen LogP contribution in [0.4, 0.5) is 0 Å². The first-order chi connectivity index (χ1) is 10.9. The molecule has 1 aromatic rings. The minimum Gasteiger partial charge on any atom is -0.261 e. The zero-order chi connectivity index (χ0) is 15.3. The second-order valence-electron chi connectivity index (χ2n) is 5.19. The summed E-state index contributed by atoms with van der Waals surface area (Å²) in [6.07, 6.45) is 17.7. The average molecular weight is 332 g/mol. The highest BCUT2D eigenvalue weighted by molar-refractivity contribution is 8.02. The van der Waals surface area contributed by atoms with Gasteiger partial charge in [0.25, 0.3) is 0 Å². The monoisotopic (exact) mass is 331 g/mol. The van der Waals surface area contributed by atoms with Gasteiger partial charge in [-0.15, -0.1) is 0 Å². The first-order valence-electron chi connectivity index (χ1n) is 8.03. The Kier molecular flexibility index (Phi) is 9.20. The fourth-order valence-electron chi connectivity index (χ4n) is 2.21. The molecule has 1 aromatic heterocycles. The van der Waals surface area contributed by atoms with Crippen molar-refractivity contribution in [2.45, 2.75) is 25.7 Å². The largest absolute Gasteiger partial charge is 0.261 e. The molecule has 0 N–H and O–H groups in total. The Morgan fingerprint density at radius 1 is 0.909 bits per heavy atom. The molecular formula is C19H25NS2. The molecule has 0 amide bonds. The van der Waals surface area contributed by atoms with E-state index < -0.39 is 0 Å². The van der Waals surface area contributed by atoms with Crippen LogP contribution in [0.5, 0.6) is 0 Å². The second-order valence-corrected chi connectivity index (χ2v) is 7.64. The van der Waals surface area contributed by atoms with Crippen LogP contribution in [0.2, 0.25) is 0 Å². The van der Waals surface area contributed by atoms with Crippen LogP contribution in [0.15, 0.2) is 60.3 Å². The molecule has 1 aliphatic carbocycles. The van der Waals surface area contributed by atoms with Crippen LogP contribution in [0.1, 0.15) is 25.0 Å². The SMILES string of the molecule is C1=C/CC\C=C(CCSCCSCCc2ccccn2)/C=C\1. The Balaban J connectivity index is 1.46. The maximum Gasteiger partial charge on any atom is 0.0411 e. The molecule has 0 unspecified atom stereocenters. The highest BCUT2D eigenvalue weighted by atomic mass is 32.2. The fourth-order valence-corrected chi connectivity index (χ4v) is 4.29. The molecule has 0 fully saturated rings. The van der Waals surface area contributed by atoms with Gasteiger partial charge in [0.1, 0.15) is 0 Å². The summed E-state index contributed by atoms with van der Waals surface area (Å²) in [7, 11) is 0. The second kappa shape index (κ2) is 11.6. The molecular weight excluding hydrogens is 306 g/mol. The minimum atomic E-state index is 1.08. The molecule has 0 bridgehead atoms. The fraction of sp³-hybridized carbons (Fsp3) is 0.421. The summed E-state index contributed by atoms with van der Waals surface area (Å²) >= 11 is 4.12. The number of allylic oxidation sites excluding steroid dienone is 6. The van der Waals surface area contributed by atoms with E-state index in [0.29, 0.717) is 0 Å². The lowest BCUT2D eigenvalue weighted by atomic mass is 10.1. The van der Waals surface area contributed by atoms with E-state index in [0.717, 1.165) is 6.42 Å². The summed E-state index contributed by atoms with van der Waals surface area (Å²) in [6, 6.07) is 6.15. The van der Waals surface area contributed by atoms with Crippen LogP contribution in [-0.4, -0.2) is 28.0 Å². The molecule has 1 nitrogen and oxygen atoms in total. The third kappa shape index (κ3) is 7.90. The van der Waals surface area contributed by atoms with Gasteiger partial charge in [0, 0.05) is 23.4 Å². The summed E-state index contributed by atoms with van der Waals surface area (Å²) in [5, 5.41) is 0. The number of thioether (sulfide) groups is 2. The molecule has 1 aliphatic rings. The van der Waals surface area contributed by atoms with Crippen LogP contribution in [0.25, 0.3) is 0 Å². The van der Waals surface area contributed by atoms with Gasteiger partial charge in [-0.3, -0.25) is 4.98 Å². The van der Waals surface area contributed by atoms with Crippen molar-refractivity contribution in [1.82, 2.24) is 4.98 Å². The molecule has 0 saturated carbocycles. The van der Waals surface area contributed by atoms with Gasteiger partial charge in [0.2, 0.25) is 0 Å². The van der Waals surface area contributed by atoms with Gasteiger partial charge in [-0.2, -0.15) is 23.5 Å². The van der Waals surface area contributed by atoms with E-state index in [2.05, 4.69) is 59.3 Å². The number of aryl methyl sites for hydroxylation is 1. The van der Waals surface area contributed by atoms with Crippen molar-refractivity contribution in [2.75, 3.05) is 23.0 Å². The van der Waals surface area contributed by atoms with E-state index in [1.807, 2.05) is 24.0 Å². The number of aromatic nitrogens is 1. The predicted molar refractivity (Wildman–Crippen MR) is 103 cm³/mol. The predicted octanol–water partition coefficient (Wildman–Crippen LogP) is 5.31. The van der Waals surface area contributed by atoms with Gasteiger partial charge < -0.3 is 0 Å². The summed E-state index contributed by atoms with van der Waals surface area (Å²) in [6.45, 7) is 0. The Morgan fingerprint density at radius 3 is 2.59 bits per heavy atom. The minimum absolute atomic E-state index is 1.08. The molecule has 1 heterocycles. The number of hydrogen-bond acceptors (Lipinski definition) is 3. The van der Waals surface area contributed by atoms with Crippen molar-refractivity contribution >= 4 is 23.5 Å². The highest BCUT2D eigenvalue weighted by Crippen LogP contribution is 2.15. The van der Waals surface area contributed by atoms with Crippen LogP contribution in [0, 0.1) is 0 Å². The number of hydrogen-bond donors (Lipinski definition) is 0. The van der Waals surface area contributed by atoms with E-state index in [9.17, 15) is 0 Å². The lowest BCUT2D eigenvalue weighted by Crippen LogP contribution is -1.94. The smallest absolute Gasteiger partial charge is 0.0411 e. The highest BCUT2D eigenvalue weighted by Gasteiger charge is 1.97. The average Bonchev–Trinajstić information content (AvgIpc) is 2.52. The van der Waals surface area contributed by atoms with Crippen LogP contribution in [-0.2, 0) is 6.42 Å². The molecule has 22 heavy (non-hydrogen) atoms. The topological polar surface area (TPSA) is 12.9 Å². The lowest BCUT2D eigenvalue weighted by molar-refractivity contribution is 1.01. The number of nitrogens with zero attached hydrogens (tertiary/aromatic N) is 1. The molecule has 0 aliphatic heterocycles. The Labute approximate surface area is 143 Å². The Hall–Kier alpha value is -0.930. The summed E-state index contributed by atoms with van der Waals surface area (Å²) in [5.74, 6) is 4.91. The van der Waals surface area contributed by atoms with Gasteiger partial charge in [-0.25, -0.2) is 0 Å². The summed E-state index contributed by atoms with van der Waals surface area (Å²) in [4.78, 5) is 4.36. The zero-order valence-corrected chi connectivity index (χ0v) is 14.7. The van der Waals surface area contributed by atoms with E-state index in [4.69, 9.17) is 0 Å². The molecule has 118 valence electrons. The van der Waals surface area contributed by atoms with Gasteiger partial charge in [0.05, 0.1) is 0 Å². The quantitative estimate of drug-likeness (QED) is 0.569. The molecule has 0 atom stereocenters. The third-order valence-corrected chi connectivity index (χ3v) is 5.66. The zero-order valence-electron chi connectivity index (χ0n) is 13.1. The maximum absolute atomic E-state index is 4.36. The van der Waals surface area contributed by atoms with Crippen LogP contribution >= 0.6 is 23.5 Å². The Morgan fingerprint density at radius 2 is 1.77 bits per heavy atom. The molecule has 2 rings (SSSR count). The van der Waals surface area contributed by atoms with Crippen molar-refractivity contribution in [3.8, 4) is 0 Å². The Bertz CT molecular complexity index is 491. The van der Waals surface area contributed by atoms with E-state index in [1.165, 1.54) is 53.5 Å².